The summed E-state index contributed by atoms with van der Waals surface area (Å²) < 4.78 is 20.2. The van der Waals surface area contributed by atoms with Gasteiger partial charge in [-0.1, -0.05) is 24.3 Å². The molecule has 0 radical (unpaired) electrons. The number of aliphatic imine (C=N–C) groups is 1. The maximum Gasteiger partial charge on any atom is 0.363 e. The Morgan fingerprint density at radius 3 is 2.55 bits per heavy atom. The molecule has 1 aliphatic rings. The smallest absolute Gasteiger partial charge is 0.363 e. The second-order valence-electron chi connectivity index (χ2n) is 6.99. The molecule has 0 saturated heterocycles. The molecule has 1 heterocycles. The van der Waals surface area contributed by atoms with E-state index in [1.807, 2.05) is 67.6 Å². The quantitative estimate of drug-likeness (QED) is 0.150. The van der Waals surface area contributed by atoms with Crippen molar-refractivity contribution in [2.24, 2.45) is 4.99 Å². The fraction of sp³-hybridized carbons (Fsp3) is 0.120. The lowest BCUT2D eigenvalue weighted by molar-refractivity contribution is -0.129. The van der Waals surface area contributed by atoms with Crippen molar-refractivity contribution in [3.63, 3.8) is 0 Å². The average Bonchev–Trinajstić information content (AvgIpc) is 3.15. The lowest BCUT2D eigenvalue weighted by Gasteiger charge is -2.15. The first-order chi connectivity index (χ1) is 15.9. The van der Waals surface area contributed by atoms with Crippen molar-refractivity contribution in [1.82, 2.24) is 0 Å². The van der Waals surface area contributed by atoms with Crippen molar-refractivity contribution in [2.75, 3.05) is 6.61 Å². The third-order valence-electron chi connectivity index (χ3n) is 4.66. The van der Waals surface area contributed by atoms with E-state index in [-0.39, 0.29) is 11.6 Å². The monoisotopic (exact) mass is 729 g/mol. The van der Waals surface area contributed by atoms with Gasteiger partial charge in [0.25, 0.3) is 0 Å². The molecule has 3 aromatic carbocycles. The number of cyclic esters (lactones) is 1. The Hall–Kier alpha value is -1.92. The maximum atomic E-state index is 12.4. The Bertz CT molecular complexity index is 1260. The average molecular weight is 730 g/mol. The summed E-state index contributed by atoms with van der Waals surface area (Å²) in [5.74, 6) is 1.07. The Morgan fingerprint density at radius 2 is 1.82 bits per heavy atom. The molecule has 0 saturated carbocycles. The SMILES string of the molecule is CCOc1cc(/C=C2\N=C(c3ccccc3Br)OC2=O)cc(I)c1OCc1ccc(I)cc1. The van der Waals surface area contributed by atoms with Crippen LogP contribution in [-0.2, 0) is 16.1 Å². The zero-order valence-corrected chi connectivity index (χ0v) is 23.4. The minimum atomic E-state index is -0.493. The van der Waals surface area contributed by atoms with Crippen LogP contribution in [0, 0.1) is 7.14 Å². The molecule has 0 N–H and O–H groups in total. The highest BCUT2D eigenvalue weighted by Gasteiger charge is 2.25. The number of carbonyl (C=O) groups is 1. The van der Waals surface area contributed by atoms with Gasteiger partial charge < -0.3 is 14.2 Å². The van der Waals surface area contributed by atoms with Crippen LogP contribution in [0.1, 0.15) is 23.6 Å². The maximum absolute atomic E-state index is 12.4. The standard InChI is InChI=1S/C25H18BrI2NO4/c1-2-31-22-13-16(11-20(28)23(22)32-14-15-7-9-17(27)10-8-15)12-21-25(30)33-24(29-21)18-5-3-4-6-19(18)26/h3-13H,2,14H2,1H3/b21-12-. The molecule has 3 aromatic rings. The van der Waals surface area contributed by atoms with E-state index in [0.717, 1.165) is 24.7 Å². The summed E-state index contributed by atoms with van der Waals surface area (Å²) in [6.07, 6.45) is 1.69. The van der Waals surface area contributed by atoms with Gasteiger partial charge in [0.15, 0.2) is 17.2 Å². The minimum Gasteiger partial charge on any atom is -0.490 e. The molecule has 168 valence electrons. The molecule has 0 spiro atoms. The third-order valence-corrected chi connectivity index (χ3v) is 6.87. The van der Waals surface area contributed by atoms with E-state index >= 15 is 0 Å². The summed E-state index contributed by atoms with van der Waals surface area (Å²) >= 11 is 7.96. The molecule has 0 aromatic heterocycles. The van der Waals surface area contributed by atoms with Crippen molar-refractivity contribution >= 4 is 79.1 Å². The molecule has 8 heteroatoms. The van der Waals surface area contributed by atoms with E-state index in [4.69, 9.17) is 14.2 Å². The number of hydrogen-bond acceptors (Lipinski definition) is 5. The normalized spacial score (nSPS) is 14.2. The first-order valence-corrected chi connectivity index (χ1v) is 13.0. The van der Waals surface area contributed by atoms with Crippen LogP contribution in [-0.4, -0.2) is 18.5 Å². The van der Waals surface area contributed by atoms with Gasteiger partial charge in [-0.25, -0.2) is 9.79 Å². The highest BCUT2D eigenvalue weighted by atomic mass is 127. The molecule has 5 nitrogen and oxygen atoms in total. The van der Waals surface area contributed by atoms with Crippen LogP contribution in [0.3, 0.4) is 0 Å². The second kappa shape index (κ2) is 11.0. The van der Waals surface area contributed by atoms with Gasteiger partial charge in [0.2, 0.25) is 5.90 Å². The van der Waals surface area contributed by atoms with Crippen molar-refractivity contribution < 1.29 is 19.0 Å². The zero-order chi connectivity index (χ0) is 23.4. The van der Waals surface area contributed by atoms with Crippen molar-refractivity contribution in [3.8, 4) is 11.5 Å². The van der Waals surface area contributed by atoms with Crippen molar-refractivity contribution in [2.45, 2.75) is 13.5 Å². The van der Waals surface area contributed by atoms with Crippen LogP contribution >= 0.6 is 61.1 Å². The number of benzene rings is 3. The van der Waals surface area contributed by atoms with E-state index in [9.17, 15) is 4.79 Å². The van der Waals surface area contributed by atoms with Gasteiger partial charge in [0.05, 0.1) is 15.7 Å². The number of hydrogen-bond donors (Lipinski definition) is 0. The highest BCUT2D eigenvalue weighted by Crippen LogP contribution is 2.36. The third kappa shape index (κ3) is 5.96. The predicted octanol–water partition coefficient (Wildman–Crippen LogP) is 6.98. The summed E-state index contributed by atoms with van der Waals surface area (Å²) in [6, 6.07) is 19.4. The molecule has 0 amide bonds. The van der Waals surface area contributed by atoms with Crippen molar-refractivity contribution in [3.05, 3.63) is 94.7 Å². The molecule has 0 fully saturated rings. The number of rotatable bonds is 7. The lowest BCUT2D eigenvalue weighted by atomic mass is 10.1. The molecule has 0 unspecified atom stereocenters. The number of halogens is 3. The Morgan fingerprint density at radius 1 is 1.06 bits per heavy atom. The Labute approximate surface area is 227 Å². The highest BCUT2D eigenvalue weighted by molar-refractivity contribution is 14.1. The van der Waals surface area contributed by atoms with Gasteiger partial charge in [-0.05, 0) is 122 Å². The topological polar surface area (TPSA) is 57.1 Å². The first kappa shape index (κ1) is 24.2. The van der Waals surface area contributed by atoms with Crippen LogP contribution in [0.4, 0.5) is 0 Å². The van der Waals surface area contributed by atoms with Crippen LogP contribution in [0.5, 0.6) is 11.5 Å². The van der Waals surface area contributed by atoms with Crippen LogP contribution in [0.15, 0.2) is 75.8 Å². The minimum absolute atomic E-state index is 0.228. The Kier molecular flexibility index (Phi) is 8.07. The number of nitrogens with zero attached hydrogens (tertiary/aromatic N) is 1. The van der Waals surface area contributed by atoms with Crippen LogP contribution < -0.4 is 9.47 Å². The first-order valence-electron chi connectivity index (χ1n) is 10.1. The second-order valence-corrected chi connectivity index (χ2v) is 10.3. The number of esters is 1. The van der Waals surface area contributed by atoms with Crippen LogP contribution in [0.2, 0.25) is 0 Å². The van der Waals surface area contributed by atoms with E-state index in [0.29, 0.717) is 24.7 Å². The molecule has 0 bridgehead atoms. The molecule has 0 atom stereocenters. The van der Waals surface area contributed by atoms with Gasteiger partial charge >= 0.3 is 5.97 Å². The molecular weight excluding hydrogens is 712 g/mol. The van der Waals surface area contributed by atoms with E-state index in [1.54, 1.807) is 6.08 Å². The zero-order valence-electron chi connectivity index (χ0n) is 17.5. The summed E-state index contributed by atoms with van der Waals surface area (Å²) in [7, 11) is 0. The van der Waals surface area contributed by atoms with Gasteiger partial charge in [-0.15, -0.1) is 0 Å². The van der Waals surface area contributed by atoms with Crippen molar-refractivity contribution in [1.29, 1.82) is 0 Å². The van der Waals surface area contributed by atoms with Gasteiger partial charge in [0.1, 0.15) is 6.61 Å². The summed E-state index contributed by atoms with van der Waals surface area (Å²) in [5.41, 5.74) is 2.79. The fourth-order valence-corrected chi connectivity index (χ4v) is 4.72. The number of carbonyl (C=O) groups excluding carboxylic acids is 1. The van der Waals surface area contributed by atoms with Gasteiger partial charge in [-0.2, -0.15) is 0 Å². The number of ether oxygens (including phenoxy) is 3. The lowest BCUT2D eigenvalue weighted by Crippen LogP contribution is -2.06. The van der Waals surface area contributed by atoms with Gasteiger partial charge in [-0.3, -0.25) is 0 Å². The van der Waals surface area contributed by atoms with E-state index < -0.39 is 5.97 Å². The van der Waals surface area contributed by atoms with E-state index in [2.05, 4.69) is 66.1 Å². The van der Waals surface area contributed by atoms with Crippen LogP contribution in [0.25, 0.3) is 6.08 Å². The molecule has 4 rings (SSSR count). The fourth-order valence-electron chi connectivity index (χ4n) is 3.13. The van der Waals surface area contributed by atoms with E-state index in [1.165, 1.54) is 3.57 Å². The summed E-state index contributed by atoms with van der Waals surface area (Å²) in [5, 5.41) is 0. The molecular formula is C25H18BrI2NO4. The molecule has 0 aliphatic carbocycles. The predicted molar refractivity (Wildman–Crippen MR) is 149 cm³/mol. The largest absolute Gasteiger partial charge is 0.490 e. The molecule has 1 aliphatic heterocycles. The summed E-state index contributed by atoms with van der Waals surface area (Å²) in [6.45, 7) is 2.84. The van der Waals surface area contributed by atoms with Gasteiger partial charge in [0, 0.05) is 8.04 Å². The molecule has 33 heavy (non-hydrogen) atoms. The summed E-state index contributed by atoms with van der Waals surface area (Å²) in [4.78, 5) is 16.8. The Balaban J connectivity index is 1.61.